The highest BCUT2D eigenvalue weighted by molar-refractivity contribution is 5.76. The molecular weight excluding hydrogens is 216 g/mol. The fourth-order valence-electron chi connectivity index (χ4n) is 2.34. The molecule has 1 fully saturated rings. The molecular formula is C13H24N2O2. The maximum Gasteiger partial charge on any atom is 0.220 e. The van der Waals surface area contributed by atoms with E-state index in [1.165, 1.54) is 39.0 Å². The van der Waals surface area contributed by atoms with Gasteiger partial charge in [0.2, 0.25) is 11.8 Å². The van der Waals surface area contributed by atoms with E-state index in [0.717, 1.165) is 12.3 Å². The van der Waals surface area contributed by atoms with E-state index in [1.807, 2.05) is 0 Å². The van der Waals surface area contributed by atoms with Gasteiger partial charge < -0.3 is 10.6 Å². The van der Waals surface area contributed by atoms with Crippen LogP contribution in [-0.4, -0.2) is 24.9 Å². The van der Waals surface area contributed by atoms with Gasteiger partial charge in [-0.1, -0.05) is 32.1 Å². The lowest BCUT2D eigenvalue weighted by molar-refractivity contribution is -0.122. The Hall–Kier alpha value is -1.06. The van der Waals surface area contributed by atoms with Gasteiger partial charge in [-0.25, -0.2) is 0 Å². The molecule has 1 rings (SSSR count). The first-order valence-corrected chi connectivity index (χ1v) is 6.69. The highest BCUT2D eigenvalue weighted by Crippen LogP contribution is 2.26. The summed E-state index contributed by atoms with van der Waals surface area (Å²) in [5.74, 6) is 0.812. The third kappa shape index (κ3) is 6.97. The first kappa shape index (κ1) is 14.0. The fourth-order valence-corrected chi connectivity index (χ4v) is 2.34. The molecule has 0 aromatic rings. The number of carbonyl (C=O) groups is 2. The Bertz CT molecular complexity index is 248. The van der Waals surface area contributed by atoms with Gasteiger partial charge in [-0.15, -0.1) is 0 Å². The van der Waals surface area contributed by atoms with Crippen LogP contribution in [0.3, 0.4) is 0 Å². The SMILES string of the molecule is CC(=O)NCCNC(=O)CCC1CCCCC1. The standard InChI is InChI=1S/C13H24N2O2/c1-11(16)14-9-10-15-13(17)8-7-12-5-3-2-4-6-12/h12H,2-10H2,1H3,(H,14,16)(H,15,17). The molecule has 98 valence electrons. The molecule has 0 aromatic carbocycles. The maximum atomic E-state index is 11.5. The van der Waals surface area contributed by atoms with Crippen molar-refractivity contribution in [3.8, 4) is 0 Å². The summed E-state index contributed by atoms with van der Waals surface area (Å²) in [5, 5.41) is 5.48. The van der Waals surface area contributed by atoms with E-state index in [4.69, 9.17) is 0 Å². The topological polar surface area (TPSA) is 58.2 Å². The summed E-state index contributed by atoms with van der Waals surface area (Å²) in [7, 11) is 0. The van der Waals surface area contributed by atoms with Crippen LogP contribution in [0.5, 0.6) is 0 Å². The Labute approximate surface area is 104 Å². The largest absolute Gasteiger partial charge is 0.355 e. The van der Waals surface area contributed by atoms with Gasteiger partial charge in [-0.05, 0) is 12.3 Å². The van der Waals surface area contributed by atoms with Crippen molar-refractivity contribution < 1.29 is 9.59 Å². The molecule has 0 aliphatic heterocycles. The molecule has 0 spiro atoms. The second-order valence-electron chi connectivity index (χ2n) is 4.88. The predicted molar refractivity (Wildman–Crippen MR) is 67.5 cm³/mol. The zero-order valence-corrected chi connectivity index (χ0v) is 10.8. The molecule has 1 saturated carbocycles. The molecule has 1 aliphatic carbocycles. The van der Waals surface area contributed by atoms with Gasteiger partial charge in [-0.3, -0.25) is 9.59 Å². The molecule has 0 atom stereocenters. The van der Waals surface area contributed by atoms with Crippen molar-refractivity contribution >= 4 is 11.8 Å². The Kier molecular flexibility index (Phi) is 6.67. The van der Waals surface area contributed by atoms with Crippen molar-refractivity contribution in [2.24, 2.45) is 5.92 Å². The highest BCUT2D eigenvalue weighted by atomic mass is 16.2. The van der Waals surface area contributed by atoms with Crippen molar-refractivity contribution in [2.75, 3.05) is 13.1 Å². The number of amides is 2. The molecule has 2 N–H and O–H groups in total. The Balaban J connectivity index is 1.98. The van der Waals surface area contributed by atoms with Crippen LogP contribution in [0.25, 0.3) is 0 Å². The summed E-state index contributed by atoms with van der Waals surface area (Å²) >= 11 is 0. The van der Waals surface area contributed by atoms with E-state index < -0.39 is 0 Å². The van der Waals surface area contributed by atoms with Gasteiger partial charge in [-0.2, -0.15) is 0 Å². The van der Waals surface area contributed by atoms with Crippen molar-refractivity contribution in [1.82, 2.24) is 10.6 Å². The molecule has 17 heavy (non-hydrogen) atoms. The summed E-state index contributed by atoms with van der Waals surface area (Å²) in [4.78, 5) is 22.1. The molecule has 0 heterocycles. The first-order chi connectivity index (χ1) is 8.18. The Morgan fingerprint density at radius 3 is 2.35 bits per heavy atom. The van der Waals surface area contributed by atoms with Crippen molar-refractivity contribution in [3.63, 3.8) is 0 Å². The lowest BCUT2D eigenvalue weighted by Crippen LogP contribution is -2.33. The molecule has 0 saturated heterocycles. The summed E-state index contributed by atoms with van der Waals surface area (Å²) in [6.45, 7) is 2.53. The molecule has 4 nitrogen and oxygen atoms in total. The number of hydrogen-bond acceptors (Lipinski definition) is 2. The first-order valence-electron chi connectivity index (χ1n) is 6.69. The van der Waals surface area contributed by atoms with Crippen LogP contribution >= 0.6 is 0 Å². The summed E-state index contributed by atoms with van der Waals surface area (Å²) in [5.41, 5.74) is 0. The van der Waals surface area contributed by atoms with Gasteiger partial charge in [0.15, 0.2) is 0 Å². The number of nitrogens with one attached hydrogen (secondary N) is 2. The van der Waals surface area contributed by atoms with Crippen molar-refractivity contribution in [2.45, 2.75) is 51.9 Å². The normalized spacial score (nSPS) is 16.5. The zero-order valence-electron chi connectivity index (χ0n) is 10.8. The number of hydrogen-bond donors (Lipinski definition) is 2. The zero-order chi connectivity index (χ0) is 12.5. The third-order valence-electron chi connectivity index (χ3n) is 3.33. The van der Waals surface area contributed by atoms with Crippen LogP contribution in [0.15, 0.2) is 0 Å². The Morgan fingerprint density at radius 2 is 1.71 bits per heavy atom. The second-order valence-corrected chi connectivity index (χ2v) is 4.88. The Morgan fingerprint density at radius 1 is 1.06 bits per heavy atom. The third-order valence-corrected chi connectivity index (χ3v) is 3.33. The fraction of sp³-hybridized carbons (Fsp3) is 0.846. The van der Waals surface area contributed by atoms with Gasteiger partial charge in [0.05, 0.1) is 0 Å². The van der Waals surface area contributed by atoms with Crippen molar-refractivity contribution in [1.29, 1.82) is 0 Å². The van der Waals surface area contributed by atoms with E-state index in [1.54, 1.807) is 0 Å². The molecule has 1 aliphatic rings. The van der Waals surface area contributed by atoms with E-state index in [9.17, 15) is 9.59 Å². The van der Waals surface area contributed by atoms with E-state index >= 15 is 0 Å². The maximum absolute atomic E-state index is 11.5. The molecule has 0 radical (unpaired) electrons. The van der Waals surface area contributed by atoms with Crippen LogP contribution in [0.1, 0.15) is 51.9 Å². The smallest absolute Gasteiger partial charge is 0.220 e. The van der Waals surface area contributed by atoms with Gasteiger partial charge in [0.1, 0.15) is 0 Å². The van der Waals surface area contributed by atoms with Crippen LogP contribution in [0.4, 0.5) is 0 Å². The molecule has 0 bridgehead atoms. The van der Waals surface area contributed by atoms with Crippen LogP contribution < -0.4 is 10.6 Å². The lowest BCUT2D eigenvalue weighted by atomic mass is 9.86. The second kappa shape index (κ2) is 8.09. The minimum Gasteiger partial charge on any atom is -0.355 e. The predicted octanol–water partition coefficient (Wildman–Crippen LogP) is 1.60. The molecule has 4 heteroatoms. The van der Waals surface area contributed by atoms with E-state index in [-0.39, 0.29) is 11.8 Å². The quantitative estimate of drug-likeness (QED) is 0.693. The minimum absolute atomic E-state index is 0.0542. The van der Waals surface area contributed by atoms with E-state index in [2.05, 4.69) is 10.6 Å². The summed E-state index contributed by atoms with van der Waals surface area (Å²) in [6, 6.07) is 0. The average molecular weight is 240 g/mol. The summed E-state index contributed by atoms with van der Waals surface area (Å²) < 4.78 is 0. The van der Waals surface area contributed by atoms with E-state index in [0.29, 0.717) is 19.5 Å². The highest BCUT2D eigenvalue weighted by Gasteiger charge is 2.14. The van der Waals surface area contributed by atoms with Crippen LogP contribution in [0.2, 0.25) is 0 Å². The molecule has 0 unspecified atom stereocenters. The van der Waals surface area contributed by atoms with Gasteiger partial charge in [0, 0.05) is 26.4 Å². The summed E-state index contributed by atoms with van der Waals surface area (Å²) in [6.07, 6.45) is 8.25. The molecule has 2 amide bonds. The minimum atomic E-state index is -0.0542. The molecule has 0 aromatic heterocycles. The van der Waals surface area contributed by atoms with Crippen LogP contribution in [0, 0.1) is 5.92 Å². The van der Waals surface area contributed by atoms with Gasteiger partial charge >= 0.3 is 0 Å². The van der Waals surface area contributed by atoms with Crippen molar-refractivity contribution in [3.05, 3.63) is 0 Å². The number of rotatable bonds is 6. The van der Waals surface area contributed by atoms with Gasteiger partial charge in [0.25, 0.3) is 0 Å². The van der Waals surface area contributed by atoms with Crippen LogP contribution in [-0.2, 0) is 9.59 Å². The number of carbonyl (C=O) groups excluding carboxylic acids is 2. The average Bonchev–Trinajstić information content (AvgIpc) is 2.33. The lowest BCUT2D eigenvalue weighted by Gasteiger charge is -2.20. The monoisotopic (exact) mass is 240 g/mol.